The van der Waals surface area contributed by atoms with Crippen LogP contribution in [-0.2, 0) is 11.3 Å². The van der Waals surface area contributed by atoms with E-state index in [1.807, 2.05) is 12.1 Å². The molecule has 0 bridgehead atoms. The lowest BCUT2D eigenvalue weighted by molar-refractivity contribution is -0.123. The summed E-state index contributed by atoms with van der Waals surface area (Å²) in [5, 5.41) is 6.68. The molecule has 3 rings (SSSR count). The first kappa shape index (κ1) is 14.6. The third kappa shape index (κ3) is 3.46. The molecule has 114 valence electrons. The van der Waals surface area contributed by atoms with Crippen LogP contribution < -0.4 is 10.6 Å². The number of carbonyl (C=O) groups is 1. The predicted molar refractivity (Wildman–Crippen MR) is 85.1 cm³/mol. The molecule has 1 fully saturated rings. The summed E-state index contributed by atoms with van der Waals surface area (Å²) < 4.78 is 0. The van der Waals surface area contributed by atoms with Crippen LogP contribution in [0.4, 0.5) is 0 Å². The van der Waals surface area contributed by atoms with Crippen molar-refractivity contribution < 1.29 is 4.79 Å². The predicted octanol–water partition coefficient (Wildman–Crippen LogP) is 2.96. The first-order valence-electron chi connectivity index (χ1n) is 8.33. The summed E-state index contributed by atoms with van der Waals surface area (Å²) in [5.41, 5.74) is 2.47. The standard InChI is InChI=1S/C18H26N2O/c1-13-5-4-7-15(10-9-13)20-18(21)17-12-19-11-14-6-2-3-8-16(14)17/h2-3,6,8,13,15,17,19H,4-5,7,9-12H2,1H3,(H,20,21). The maximum atomic E-state index is 12.7. The van der Waals surface area contributed by atoms with Gasteiger partial charge in [0.05, 0.1) is 5.92 Å². The van der Waals surface area contributed by atoms with Gasteiger partial charge >= 0.3 is 0 Å². The van der Waals surface area contributed by atoms with Gasteiger partial charge in [0.15, 0.2) is 0 Å². The smallest absolute Gasteiger partial charge is 0.229 e. The fourth-order valence-corrected chi connectivity index (χ4v) is 3.66. The largest absolute Gasteiger partial charge is 0.353 e. The number of hydrogen-bond donors (Lipinski definition) is 2. The summed E-state index contributed by atoms with van der Waals surface area (Å²) in [5.74, 6) is 0.980. The summed E-state index contributed by atoms with van der Waals surface area (Å²) >= 11 is 0. The fraction of sp³-hybridized carbons (Fsp3) is 0.611. The lowest BCUT2D eigenvalue weighted by Crippen LogP contribution is -2.43. The maximum Gasteiger partial charge on any atom is 0.229 e. The Morgan fingerprint density at radius 2 is 2.05 bits per heavy atom. The van der Waals surface area contributed by atoms with E-state index in [1.54, 1.807) is 0 Å². The van der Waals surface area contributed by atoms with E-state index < -0.39 is 0 Å². The molecule has 21 heavy (non-hydrogen) atoms. The van der Waals surface area contributed by atoms with Crippen LogP contribution in [0.5, 0.6) is 0 Å². The van der Waals surface area contributed by atoms with E-state index in [4.69, 9.17) is 0 Å². The first-order valence-corrected chi connectivity index (χ1v) is 8.33. The van der Waals surface area contributed by atoms with Crippen molar-refractivity contribution in [2.24, 2.45) is 5.92 Å². The third-order valence-electron chi connectivity index (χ3n) is 5.01. The highest BCUT2D eigenvalue weighted by Crippen LogP contribution is 2.26. The maximum absolute atomic E-state index is 12.7. The van der Waals surface area contributed by atoms with Gasteiger partial charge in [0, 0.05) is 19.1 Å². The van der Waals surface area contributed by atoms with Gasteiger partial charge in [0.25, 0.3) is 0 Å². The van der Waals surface area contributed by atoms with Crippen molar-refractivity contribution in [3.63, 3.8) is 0 Å². The minimum atomic E-state index is -0.0318. The number of benzene rings is 1. The average Bonchev–Trinajstić information content (AvgIpc) is 2.71. The lowest BCUT2D eigenvalue weighted by atomic mass is 9.90. The molecule has 3 atom stereocenters. The van der Waals surface area contributed by atoms with Crippen molar-refractivity contribution in [2.75, 3.05) is 6.54 Å². The molecule has 0 spiro atoms. The Morgan fingerprint density at radius 1 is 1.19 bits per heavy atom. The second kappa shape index (κ2) is 6.61. The number of fused-ring (bicyclic) bond motifs is 1. The van der Waals surface area contributed by atoms with Crippen LogP contribution in [0.15, 0.2) is 24.3 Å². The Labute approximate surface area is 127 Å². The van der Waals surface area contributed by atoms with E-state index in [0.717, 1.165) is 31.8 Å². The highest BCUT2D eigenvalue weighted by Gasteiger charge is 2.28. The molecule has 3 heteroatoms. The van der Waals surface area contributed by atoms with E-state index in [9.17, 15) is 4.79 Å². The number of carbonyl (C=O) groups excluding carboxylic acids is 1. The van der Waals surface area contributed by atoms with Crippen molar-refractivity contribution in [2.45, 2.75) is 57.5 Å². The molecule has 1 aromatic rings. The molecule has 1 amide bonds. The van der Waals surface area contributed by atoms with Crippen LogP contribution in [0.25, 0.3) is 0 Å². The lowest BCUT2D eigenvalue weighted by Gasteiger charge is -2.27. The highest BCUT2D eigenvalue weighted by molar-refractivity contribution is 5.84. The van der Waals surface area contributed by atoms with Gasteiger partial charge in [0.1, 0.15) is 0 Å². The molecule has 0 radical (unpaired) electrons. The van der Waals surface area contributed by atoms with E-state index in [-0.39, 0.29) is 11.8 Å². The number of rotatable bonds is 2. The van der Waals surface area contributed by atoms with Crippen LogP contribution in [-0.4, -0.2) is 18.5 Å². The summed E-state index contributed by atoms with van der Waals surface area (Å²) in [4.78, 5) is 12.7. The van der Waals surface area contributed by atoms with Crippen LogP contribution in [0.2, 0.25) is 0 Å². The van der Waals surface area contributed by atoms with E-state index in [2.05, 4.69) is 29.7 Å². The third-order valence-corrected chi connectivity index (χ3v) is 5.01. The van der Waals surface area contributed by atoms with Crippen LogP contribution in [0.3, 0.4) is 0 Å². The van der Waals surface area contributed by atoms with Crippen LogP contribution >= 0.6 is 0 Å². The van der Waals surface area contributed by atoms with Gasteiger partial charge in [-0.15, -0.1) is 0 Å². The van der Waals surface area contributed by atoms with Crippen LogP contribution in [0, 0.1) is 5.92 Å². The Bertz CT molecular complexity index is 500. The minimum Gasteiger partial charge on any atom is -0.353 e. The monoisotopic (exact) mass is 286 g/mol. The normalized spacial score (nSPS) is 29.3. The van der Waals surface area contributed by atoms with Gasteiger partial charge in [-0.3, -0.25) is 4.79 Å². The molecule has 0 aromatic heterocycles. The Kier molecular flexibility index (Phi) is 4.59. The van der Waals surface area contributed by atoms with E-state index in [0.29, 0.717) is 6.04 Å². The number of amides is 1. The van der Waals surface area contributed by atoms with Gasteiger partial charge < -0.3 is 10.6 Å². The Balaban J connectivity index is 1.66. The second-order valence-corrected chi connectivity index (χ2v) is 6.70. The molecule has 3 unspecified atom stereocenters. The van der Waals surface area contributed by atoms with Crippen molar-refractivity contribution in [3.05, 3.63) is 35.4 Å². The quantitative estimate of drug-likeness (QED) is 0.821. The summed E-state index contributed by atoms with van der Waals surface area (Å²) in [6.07, 6.45) is 6.06. The van der Waals surface area contributed by atoms with Gasteiger partial charge in [-0.1, -0.05) is 44.0 Å². The fourth-order valence-electron chi connectivity index (χ4n) is 3.66. The topological polar surface area (TPSA) is 41.1 Å². The van der Waals surface area contributed by atoms with E-state index in [1.165, 1.54) is 30.4 Å². The van der Waals surface area contributed by atoms with Gasteiger partial charge in [0.2, 0.25) is 5.91 Å². The molecule has 2 aliphatic rings. The number of nitrogens with one attached hydrogen (secondary N) is 2. The SMILES string of the molecule is CC1CCCC(NC(=O)C2CNCc3ccccc32)CC1. The first-order chi connectivity index (χ1) is 10.2. The summed E-state index contributed by atoms with van der Waals surface area (Å²) in [7, 11) is 0. The van der Waals surface area contributed by atoms with Crippen molar-refractivity contribution in [1.29, 1.82) is 0 Å². The zero-order chi connectivity index (χ0) is 14.7. The molecule has 1 aromatic carbocycles. The molecule has 1 aliphatic heterocycles. The van der Waals surface area contributed by atoms with Crippen LogP contribution in [0.1, 0.15) is 56.1 Å². The van der Waals surface area contributed by atoms with Gasteiger partial charge in [-0.05, 0) is 36.3 Å². The molecular weight excluding hydrogens is 260 g/mol. The van der Waals surface area contributed by atoms with Crippen molar-refractivity contribution in [3.8, 4) is 0 Å². The highest BCUT2D eigenvalue weighted by atomic mass is 16.2. The molecule has 1 heterocycles. The zero-order valence-corrected chi connectivity index (χ0v) is 12.9. The average molecular weight is 286 g/mol. The molecule has 0 saturated heterocycles. The Morgan fingerprint density at radius 3 is 2.95 bits per heavy atom. The zero-order valence-electron chi connectivity index (χ0n) is 12.9. The molecule has 1 aliphatic carbocycles. The van der Waals surface area contributed by atoms with Gasteiger partial charge in [-0.25, -0.2) is 0 Å². The molecule has 2 N–H and O–H groups in total. The van der Waals surface area contributed by atoms with Crippen molar-refractivity contribution >= 4 is 5.91 Å². The van der Waals surface area contributed by atoms with Gasteiger partial charge in [-0.2, -0.15) is 0 Å². The molecule has 3 nitrogen and oxygen atoms in total. The van der Waals surface area contributed by atoms with Crippen molar-refractivity contribution in [1.82, 2.24) is 10.6 Å². The minimum absolute atomic E-state index is 0.0318. The number of hydrogen-bond acceptors (Lipinski definition) is 2. The van der Waals surface area contributed by atoms with E-state index >= 15 is 0 Å². The summed E-state index contributed by atoms with van der Waals surface area (Å²) in [6, 6.07) is 8.69. The summed E-state index contributed by atoms with van der Waals surface area (Å²) in [6.45, 7) is 3.96. The molecule has 1 saturated carbocycles. The Hall–Kier alpha value is -1.35. The molecular formula is C18H26N2O. The second-order valence-electron chi connectivity index (χ2n) is 6.70.